The van der Waals surface area contributed by atoms with E-state index in [4.69, 9.17) is 11.6 Å². The second-order valence-corrected chi connectivity index (χ2v) is 7.85. The lowest BCUT2D eigenvalue weighted by atomic mass is 9.71. The zero-order valence-electron chi connectivity index (χ0n) is 13.4. The van der Waals surface area contributed by atoms with E-state index < -0.39 is 16.9 Å². The monoisotopic (exact) mass is 424 g/mol. The number of nitrogens with zero attached hydrogens (tertiary/aromatic N) is 1. The molecule has 2 aliphatic heterocycles. The van der Waals surface area contributed by atoms with E-state index in [9.17, 15) is 14.4 Å². The number of benzene rings is 1. The molecule has 0 unspecified atom stereocenters. The molecule has 1 atom stereocenters. The van der Waals surface area contributed by atoms with Crippen LogP contribution in [-0.2, 0) is 15.0 Å². The molecule has 0 bridgehead atoms. The predicted octanol–water partition coefficient (Wildman–Crippen LogP) is 2.75. The normalized spacial score (nSPS) is 21.3. The van der Waals surface area contributed by atoms with E-state index in [2.05, 4.69) is 31.7 Å². The summed E-state index contributed by atoms with van der Waals surface area (Å²) >= 11 is 9.64. The van der Waals surface area contributed by atoms with Crippen molar-refractivity contribution in [2.24, 2.45) is 0 Å². The van der Waals surface area contributed by atoms with Crippen LogP contribution in [0.25, 0.3) is 0 Å². The van der Waals surface area contributed by atoms with Gasteiger partial charge in [-0.3, -0.25) is 24.2 Å². The molecular formula is C16H14BrClN4O3. The molecule has 0 aliphatic carbocycles. The summed E-state index contributed by atoms with van der Waals surface area (Å²) in [4.78, 5) is 38.1. The summed E-state index contributed by atoms with van der Waals surface area (Å²) in [6.07, 6.45) is -0.156. The maximum atomic E-state index is 13.0. The van der Waals surface area contributed by atoms with E-state index in [1.165, 1.54) is 0 Å². The lowest BCUT2D eigenvalue weighted by Crippen LogP contribution is -2.46. The molecule has 9 heteroatoms. The maximum absolute atomic E-state index is 13.0. The number of hydrogen-bond donors (Lipinski definition) is 3. The highest BCUT2D eigenvalue weighted by atomic mass is 79.9. The molecule has 1 spiro atoms. The number of carbonyl (C=O) groups is 2. The van der Waals surface area contributed by atoms with Crippen LogP contribution in [0.2, 0.25) is 5.02 Å². The molecule has 0 radical (unpaired) electrons. The van der Waals surface area contributed by atoms with E-state index in [1.807, 2.05) is 13.8 Å². The van der Waals surface area contributed by atoms with Gasteiger partial charge in [0.15, 0.2) is 0 Å². The van der Waals surface area contributed by atoms with Gasteiger partial charge < -0.3 is 10.6 Å². The molecule has 25 heavy (non-hydrogen) atoms. The number of fused-ring (bicyclic) bond motifs is 4. The number of nitrogens with one attached hydrogen (secondary N) is 3. The minimum absolute atomic E-state index is 0.0954. The van der Waals surface area contributed by atoms with Crippen LogP contribution in [0.15, 0.2) is 21.4 Å². The van der Waals surface area contributed by atoms with Crippen LogP contribution in [0.4, 0.5) is 11.5 Å². The molecule has 0 fully saturated rings. The first-order valence-electron chi connectivity index (χ1n) is 7.71. The SMILES string of the molecule is CC(C)n1[nH]c(=O)c2c1NC(=O)C[C@@]21C(=O)Nc2c(Cl)cc(Br)cc21. The van der Waals surface area contributed by atoms with Crippen LogP contribution in [0.1, 0.15) is 37.4 Å². The van der Waals surface area contributed by atoms with Crippen molar-refractivity contribution in [1.82, 2.24) is 9.78 Å². The highest BCUT2D eigenvalue weighted by Crippen LogP contribution is 2.51. The van der Waals surface area contributed by atoms with Crippen molar-refractivity contribution in [3.63, 3.8) is 0 Å². The Morgan fingerprint density at radius 2 is 1.96 bits per heavy atom. The smallest absolute Gasteiger partial charge is 0.270 e. The summed E-state index contributed by atoms with van der Waals surface area (Å²) in [5.41, 5.74) is -0.588. The van der Waals surface area contributed by atoms with E-state index in [-0.39, 0.29) is 23.9 Å². The third-order valence-corrected chi connectivity index (χ3v) is 5.45. The molecule has 1 aromatic carbocycles. The minimum atomic E-state index is -1.39. The Morgan fingerprint density at radius 1 is 1.24 bits per heavy atom. The molecule has 0 saturated heterocycles. The number of aromatic nitrogens is 2. The molecule has 3 heterocycles. The van der Waals surface area contributed by atoms with Crippen molar-refractivity contribution < 1.29 is 9.59 Å². The van der Waals surface area contributed by atoms with Crippen LogP contribution >= 0.6 is 27.5 Å². The van der Waals surface area contributed by atoms with Crippen LogP contribution in [-0.4, -0.2) is 21.6 Å². The van der Waals surface area contributed by atoms with Gasteiger partial charge in [0.05, 0.1) is 22.7 Å². The number of anilines is 2. The number of halogens is 2. The van der Waals surface area contributed by atoms with Crippen molar-refractivity contribution in [1.29, 1.82) is 0 Å². The Labute approximate surface area is 155 Å². The predicted molar refractivity (Wildman–Crippen MR) is 97.2 cm³/mol. The largest absolute Gasteiger partial charge is 0.323 e. The van der Waals surface area contributed by atoms with Crippen molar-refractivity contribution in [2.45, 2.75) is 31.7 Å². The number of H-pyrrole nitrogens is 1. The molecule has 2 aromatic rings. The average molecular weight is 426 g/mol. The topological polar surface area (TPSA) is 96.0 Å². The van der Waals surface area contributed by atoms with Crippen molar-refractivity contribution >= 4 is 50.9 Å². The highest BCUT2D eigenvalue weighted by Gasteiger charge is 2.56. The van der Waals surface area contributed by atoms with Gasteiger partial charge in [0, 0.05) is 10.5 Å². The standard InChI is InChI=1S/C16H14BrClN4O3/c1-6(2)22-13-11(14(24)21-22)16(5-10(23)19-13)8-3-7(17)4-9(18)12(8)20-15(16)25/h3-4,6H,5H2,1-2H3,(H,19,23)(H,20,25)(H,21,24)/t16-/m0/s1. The van der Waals surface area contributed by atoms with Crippen LogP contribution in [0, 0.1) is 0 Å². The fourth-order valence-electron chi connectivity index (χ4n) is 3.66. The molecule has 1 aromatic heterocycles. The maximum Gasteiger partial charge on any atom is 0.270 e. The summed E-state index contributed by atoms with van der Waals surface area (Å²) < 4.78 is 2.24. The Hall–Kier alpha value is -2.06. The first-order chi connectivity index (χ1) is 11.8. The molecule has 0 saturated carbocycles. The number of carbonyl (C=O) groups excluding carboxylic acids is 2. The summed E-state index contributed by atoms with van der Waals surface area (Å²) in [5, 5.41) is 8.55. The highest BCUT2D eigenvalue weighted by molar-refractivity contribution is 9.10. The van der Waals surface area contributed by atoms with E-state index >= 15 is 0 Å². The van der Waals surface area contributed by atoms with Crippen LogP contribution in [0.5, 0.6) is 0 Å². The molecular weight excluding hydrogens is 412 g/mol. The number of aromatic amines is 1. The molecule has 4 rings (SSSR count). The summed E-state index contributed by atoms with van der Waals surface area (Å²) in [5.74, 6) is -0.430. The minimum Gasteiger partial charge on any atom is -0.323 e. The first kappa shape index (κ1) is 16.4. The van der Waals surface area contributed by atoms with Crippen LogP contribution < -0.4 is 16.2 Å². The Bertz CT molecular complexity index is 1010. The van der Waals surface area contributed by atoms with Gasteiger partial charge in [-0.25, -0.2) is 0 Å². The average Bonchev–Trinajstić information content (AvgIpc) is 2.97. The summed E-state index contributed by atoms with van der Waals surface area (Å²) in [7, 11) is 0. The van der Waals surface area contributed by atoms with Gasteiger partial charge in [0.2, 0.25) is 11.8 Å². The third-order valence-electron chi connectivity index (χ3n) is 4.69. The van der Waals surface area contributed by atoms with Gasteiger partial charge in [-0.1, -0.05) is 27.5 Å². The molecule has 7 nitrogen and oxygen atoms in total. The van der Waals surface area contributed by atoms with Crippen molar-refractivity contribution in [3.8, 4) is 0 Å². The summed E-state index contributed by atoms with van der Waals surface area (Å²) in [6, 6.07) is 3.29. The Balaban J connectivity index is 2.11. The quantitative estimate of drug-likeness (QED) is 0.655. The fourth-order valence-corrected chi connectivity index (χ4v) is 4.52. The first-order valence-corrected chi connectivity index (χ1v) is 8.88. The van der Waals surface area contributed by atoms with Gasteiger partial charge in [0.25, 0.3) is 5.56 Å². The zero-order valence-corrected chi connectivity index (χ0v) is 15.7. The van der Waals surface area contributed by atoms with Crippen molar-refractivity contribution in [2.75, 3.05) is 10.6 Å². The fraction of sp³-hybridized carbons (Fsp3) is 0.312. The van der Waals surface area contributed by atoms with Gasteiger partial charge in [-0.05, 0) is 31.5 Å². The zero-order chi connectivity index (χ0) is 18.1. The van der Waals surface area contributed by atoms with Crippen molar-refractivity contribution in [3.05, 3.63) is 43.1 Å². The molecule has 130 valence electrons. The van der Waals surface area contributed by atoms with Gasteiger partial charge in [-0.2, -0.15) is 0 Å². The van der Waals surface area contributed by atoms with E-state index in [1.54, 1.807) is 16.8 Å². The van der Waals surface area contributed by atoms with Crippen LogP contribution in [0.3, 0.4) is 0 Å². The van der Waals surface area contributed by atoms with Gasteiger partial charge >= 0.3 is 0 Å². The molecule has 3 N–H and O–H groups in total. The summed E-state index contributed by atoms with van der Waals surface area (Å²) in [6.45, 7) is 3.75. The van der Waals surface area contributed by atoms with Gasteiger partial charge in [0.1, 0.15) is 11.2 Å². The molecule has 2 amide bonds. The molecule has 2 aliphatic rings. The lowest BCUT2D eigenvalue weighted by molar-refractivity contribution is -0.125. The Kier molecular flexibility index (Phi) is 3.42. The number of amides is 2. The van der Waals surface area contributed by atoms with E-state index in [0.717, 1.165) is 0 Å². The van der Waals surface area contributed by atoms with E-state index in [0.29, 0.717) is 26.6 Å². The lowest BCUT2D eigenvalue weighted by Gasteiger charge is -2.31. The number of hydrogen-bond acceptors (Lipinski definition) is 3. The second kappa shape index (κ2) is 5.22. The number of rotatable bonds is 1. The third kappa shape index (κ3) is 2.07. The Morgan fingerprint density at radius 3 is 2.64 bits per heavy atom. The second-order valence-electron chi connectivity index (χ2n) is 6.52. The van der Waals surface area contributed by atoms with Gasteiger partial charge in [-0.15, -0.1) is 0 Å².